The van der Waals surface area contributed by atoms with Crippen molar-refractivity contribution in [2.45, 2.75) is 25.7 Å². The lowest BCUT2D eigenvalue weighted by Gasteiger charge is -2.13. The Morgan fingerprint density at radius 3 is 1.50 bits per heavy atom. The van der Waals surface area contributed by atoms with Crippen molar-refractivity contribution in [3.63, 3.8) is 0 Å². The number of hydrogen-bond acceptors (Lipinski definition) is 5. The second-order valence-electron chi connectivity index (χ2n) is 8.66. The fourth-order valence-electron chi connectivity index (χ4n) is 4.09. The summed E-state index contributed by atoms with van der Waals surface area (Å²) < 4.78 is 0. The highest BCUT2D eigenvalue weighted by Gasteiger charge is 2.35. The summed E-state index contributed by atoms with van der Waals surface area (Å²) in [5.41, 5.74) is 2.13. The Kier molecular flexibility index (Phi) is 7.90. The standard InChI is InChI=1S/C15H18N2O2.C11H10BrNO2/c18-14-12-4-1-2-5-13(12)15(19)17(14)9-3-8-16-10-11-6-7-11;12-6-3-7-13-10(14)8-4-1-2-5-9(8)11(13)15/h1-2,4-5,11,16H,3,6-10H2;1-2,4-5H,3,6-7H2. The van der Waals surface area contributed by atoms with Crippen LogP contribution in [0.15, 0.2) is 48.5 Å². The SMILES string of the molecule is O=C1c2ccccc2C(=O)N1CCCBr.O=C1c2ccccc2C(=O)N1CCCNCC1CC1. The average molecular weight is 526 g/mol. The summed E-state index contributed by atoms with van der Waals surface area (Å²) in [6, 6.07) is 14.0. The molecule has 7 nitrogen and oxygen atoms in total. The van der Waals surface area contributed by atoms with Crippen LogP contribution in [0.2, 0.25) is 0 Å². The average Bonchev–Trinajstić information content (AvgIpc) is 3.62. The van der Waals surface area contributed by atoms with E-state index < -0.39 is 0 Å². The van der Waals surface area contributed by atoms with Gasteiger partial charge in [-0.3, -0.25) is 29.0 Å². The van der Waals surface area contributed by atoms with Gasteiger partial charge in [0.05, 0.1) is 22.3 Å². The first-order valence-electron chi connectivity index (χ1n) is 11.7. The van der Waals surface area contributed by atoms with Gasteiger partial charge in [-0.05, 0) is 69.0 Å². The van der Waals surface area contributed by atoms with E-state index in [-0.39, 0.29) is 23.6 Å². The van der Waals surface area contributed by atoms with Crippen LogP contribution in [-0.2, 0) is 0 Å². The Labute approximate surface area is 207 Å². The summed E-state index contributed by atoms with van der Waals surface area (Å²) in [5, 5.41) is 4.16. The summed E-state index contributed by atoms with van der Waals surface area (Å²) >= 11 is 3.28. The van der Waals surface area contributed by atoms with Crippen LogP contribution in [0.3, 0.4) is 0 Å². The third kappa shape index (κ3) is 5.28. The highest BCUT2D eigenvalue weighted by atomic mass is 79.9. The van der Waals surface area contributed by atoms with E-state index in [2.05, 4.69) is 21.2 Å². The summed E-state index contributed by atoms with van der Waals surface area (Å²) in [6.07, 6.45) is 4.28. The molecule has 3 aliphatic rings. The lowest BCUT2D eigenvalue weighted by molar-refractivity contribution is 0.0638. The fourth-order valence-corrected chi connectivity index (χ4v) is 4.34. The van der Waals surface area contributed by atoms with Crippen LogP contribution in [0.4, 0.5) is 0 Å². The topological polar surface area (TPSA) is 86.8 Å². The Morgan fingerprint density at radius 1 is 0.706 bits per heavy atom. The van der Waals surface area contributed by atoms with Crippen LogP contribution in [0.5, 0.6) is 0 Å². The second kappa shape index (κ2) is 11.1. The van der Waals surface area contributed by atoms with E-state index in [1.807, 2.05) is 0 Å². The summed E-state index contributed by atoms with van der Waals surface area (Å²) in [5.74, 6) is 0.220. The molecule has 1 aliphatic carbocycles. The van der Waals surface area contributed by atoms with Gasteiger partial charge in [0.25, 0.3) is 23.6 Å². The van der Waals surface area contributed by atoms with Crippen molar-refractivity contribution in [2.75, 3.05) is 31.5 Å². The molecule has 178 valence electrons. The van der Waals surface area contributed by atoms with E-state index in [0.717, 1.165) is 37.2 Å². The lowest BCUT2D eigenvalue weighted by atomic mass is 10.1. The van der Waals surface area contributed by atoms with E-state index >= 15 is 0 Å². The van der Waals surface area contributed by atoms with Gasteiger partial charge < -0.3 is 5.32 Å². The molecule has 5 rings (SSSR count). The molecule has 1 fully saturated rings. The molecule has 0 saturated heterocycles. The molecule has 0 aromatic heterocycles. The predicted molar refractivity (Wildman–Crippen MR) is 132 cm³/mol. The highest BCUT2D eigenvalue weighted by Crippen LogP contribution is 2.27. The third-order valence-electron chi connectivity index (χ3n) is 6.14. The van der Waals surface area contributed by atoms with Crippen molar-refractivity contribution < 1.29 is 19.2 Å². The van der Waals surface area contributed by atoms with Gasteiger partial charge in [-0.25, -0.2) is 0 Å². The van der Waals surface area contributed by atoms with Crippen LogP contribution in [0, 0.1) is 5.92 Å². The number of halogens is 1. The van der Waals surface area contributed by atoms with Gasteiger partial charge in [-0.1, -0.05) is 40.2 Å². The van der Waals surface area contributed by atoms with Crippen molar-refractivity contribution in [3.8, 4) is 0 Å². The maximum absolute atomic E-state index is 12.1. The molecule has 4 amide bonds. The quantitative estimate of drug-likeness (QED) is 0.306. The Morgan fingerprint density at radius 2 is 1.12 bits per heavy atom. The number of rotatable bonds is 9. The molecular formula is C26H28BrN3O4. The predicted octanol–water partition coefficient (Wildman–Crippen LogP) is 3.74. The molecule has 8 heteroatoms. The number of carbonyl (C=O) groups excluding carboxylic acids is 4. The number of carbonyl (C=O) groups is 4. The maximum Gasteiger partial charge on any atom is 0.261 e. The van der Waals surface area contributed by atoms with Gasteiger partial charge in [0, 0.05) is 18.4 Å². The first kappa shape index (κ1) is 24.3. The van der Waals surface area contributed by atoms with Crippen LogP contribution in [-0.4, -0.2) is 64.9 Å². The van der Waals surface area contributed by atoms with Gasteiger partial charge in [-0.15, -0.1) is 0 Å². The van der Waals surface area contributed by atoms with E-state index in [1.54, 1.807) is 48.5 Å². The maximum atomic E-state index is 12.1. The Hall–Kier alpha value is -2.84. The number of fused-ring (bicyclic) bond motifs is 2. The zero-order valence-corrected chi connectivity index (χ0v) is 20.6. The zero-order chi connectivity index (χ0) is 24.1. The molecule has 1 N–H and O–H groups in total. The van der Waals surface area contributed by atoms with Gasteiger partial charge >= 0.3 is 0 Å². The van der Waals surface area contributed by atoms with Gasteiger partial charge in [0.15, 0.2) is 0 Å². The van der Waals surface area contributed by atoms with Crippen LogP contribution in [0.1, 0.15) is 67.1 Å². The van der Waals surface area contributed by atoms with E-state index in [0.29, 0.717) is 35.3 Å². The van der Waals surface area contributed by atoms with Crippen molar-refractivity contribution in [2.24, 2.45) is 5.92 Å². The third-order valence-corrected chi connectivity index (χ3v) is 6.70. The van der Waals surface area contributed by atoms with Crippen molar-refractivity contribution >= 4 is 39.6 Å². The van der Waals surface area contributed by atoms with Gasteiger partial charge in [-0.2, -0.15) is 0 Å². The summed E-state index contributed by atoms with van der Waals surface area (Å²) in [6.45, 7) is 2.92. The van der Waals surface area contributed by atoms with Crippen molar-refractivity contribution in [3.05, 3.63) is 70.8 Å². The van der Waals surface area contributed by atoms with Crippen LogP contribution >= 0.6 is 15.9 Å². The lowest BCUT2D eigenvalue weighted by Crippen LogP contribution is -2.32. The fraction of sp³-hybridized carbons (Fsp3) is 0.385. The minimum Gasteiger partial charge on any atom is -0.316 e. The number of hydrogen-bond donors (Lipinski definition) is 1. The molecular weight excluding hydrogens is 498 g/mol. The van der Waals surface area contributed by atoms with Crippen molar-refractivity contribution in [1.29, 1.82) is 0 Å². The summed E-state index contributed by atoms with van der Waals surface area (Å²) in [7, 11) is 0. The number of nitrogens with zero attached hydrogens (tertiary/aromatic N) is 2. The molecule has 2 heterocycles. The van der Waals surface area contributed by atoms with Crippen LogP contribution in [0.25, 0.3) is 0 Å². The molecule has 0 unspecified atom stereocenters. The molecule has 34 heavy (non-hydrogen) atoms. The molecule has 0 bridgehead atoms. The van der Waals surface area contributed by atoms with Gasteiger partial charge in [0.2, 0.25) is 0 Å². The van der Waals surface area contributed by atoms with Gasteiger partial charge in [0.1, 0.15) is 0 Å². The number of nitrogens with one attached hydrogen (secondary N) is 1. The number of alkyl halides is 1. The number of benzene rings is 2. The highest BCUT2D eigenvalue weighted by molar-refractivity contribution is 9.09. The molecule has 0 atom stereocenters. The summed E-state index contributed by atoms with van der Waals surface area (Å²) in [4.78, 5) is 50.4. The minimum atomic E-state index is -0.170. The van der Waals surface area contributed by atoms with Crippen LogP contribution < -0.4 is 5.32 Å². The second-order valence-corrected chi connectivity index (χ2v) is 9.45. The first-order valence-corrected chi connectivity index (χ1v) is 12.8. The molecule has 2 aliphatic heterocycles. The van der Waals surface area contributed by atoms with E-state index in [1.165, 1.54) is 22.6 Å². The number of imide groups is 2. The minimum absolute atomic E-state index is 0.150. The largest absolute Gasteiger partial charge is 0.316 e. The normalized spacial score (nSPS) is 16.5. The molecule has 0 spiro atoms. The molecule has 1 saturated carbocycles. The molecule has 0 radical (unpaired) electrons. The molecule has 2 aromatic carbocycles. The number of amides is 4. The smallest absolute Gasteiger partial charge is 0.261 e. The first-order chi connectivity index (χ1) is 16.5. The van der Waals surface area contributed by atoms with Crippen molar-refractivity contribution in [1.82, 2.24) is 15.1 Å². The monoisotopic (exact) mass is 525 g/mol. The Bertz CT molecular complexity index is 1030. The van der Waals surface area contributed by atoms with E-state index in [4.69, 9.17) is 0 Å². The Balaban J connectivity index is 0.000000166. The van der Waals surface area contributed by atoms with E-state index in [9.17, 15) is 19.2 Å². The molecule has 2 aromatic rings. The zero-order valence-electron chi connectivity index (χ0n) is 19.0.